The average molecular weight is 349 g/mol. The summed E-state index contributed by atoms with van der Waals surface area (Å²) in [4.78, 5) is 0. The largest absolute Gasteiger partial charge is 0.395 e. The highest BCUT2D eigenvalue weighted by molar-refractivity contribution is 6.20. The fraction of sp³-hybridized carbons (Fsp3) is 0.294. The molecule has 124 valence electrons. The van der Waals surface area contributed by atoms with Crippen molar-refractivity contribution < 1.29 is 22.0 Å². The van der Waals surface area contributed by atoms with Crippen LogP contribution in [-0.2, 0) is 12.1 Å². The van der Waals surface area contributed by atoms with Crippen molar-refractivity contribution in [2.75, 3.05) is 0 Å². The SMILES string of the molecule is FC(Cl)C(F)(c1ccccc1)C(Cc1ccccc1)C(F)(F)F. The summed E-state index contributed by atoms with van der Waals surface area (Å²) in [6, 6.07) is 14.0. The van der Waals surface area contributed by atoms with E-state index in [1.165, 1.54) is 30.3 Å². The molecule has 3 atom stereocenters. The molecule has 0 radical (unpaired) electrons. The summed E-state index contributed by atoms with van der Waals surface area (Å²) in [6.07, 6.45) is -5.66. The normalized spacial score (nSPS) is 17.3. The third-order valence-electron chi connectivity index (χ3n) is 3.72. The van der Waals surface area contributed by atoms with E-state index in [9.17, 15) is 17.6 Å². The van der Waals surface area contributed by atoms with Gasteiger partial charge in [0, 0.05) is 0 Å². The highest BCUT2D eigenvalue weighted by Gasteiger charge is 2.59. The molecule has 0 N–H and O–H groups in total. The molecule has 0 aliphatic rings. The number of hydrogen-bond donors (Lipinski definition) is 0. The summed E-state index contributed by atoms with van der Waals surface area (Å²) in [7, 11) is 0. The summed E-state index contributed by atoms with van der Waals surface area (Å²) in [5, 5.41) is 0. The van der Waals surface area contributed by atoms with Crippen LogP contribution in [0, 0.1) is 5.92 Å². The van der Waals surface area contributed by atoms with Crippen LogP contribution >= 0.6 is 11.6 Å². The van der Waals surface area contributed by atoms with Gasteiger partial charge in [0.15, 0.2) is 5.67 Å². The summed E-state index contributed by atoms with van der Waals surface area (Å²) >= 11 is 5.24. The summed E-state index contributed by atoms with van der Waals surface area (Å²) in [5.74, 6) is -2.60. The molecular formula is C17H14ClF5. The summed E-state index contributed by atoms with van der Waals surface area (Å²) in [6.45, 7) is 0. The van der Waals surface area contributed by atoms with Crippen LogP contribution in [0.2, 0.25) is 0 Å². The Morgan fingerprint density at radius 2 is 1.30 bits per heavy atom. The first-order valence-corrected chi connectivity index (χ1v) is 7.33. The van der Waals surface area contributed by atoms with Crippen LogP contribution in [0.3, 0.4) is 0 Å². The van der Waals surface area contributed by atoms with Crippen molar-refractivity contribution in [3.63, 3.8) is 0 Å². The van der Waals surface area contributed by atoms with Gasteiger partial charge in [-0.05, 0) is 17.5 Å². The van der Waals surface area contributed by atoms with Gasteiger partial charge in [0.1, 0.15) is 5.92 Å². The summed E-state index contributed by atoms with van der Waals surface area (Å²) in [5.41, 5.74) is -6.39. The molecule has 2 aromatic rings. The van der Waals surface area contributed by atoms with E-state index in [-0.39, 0.29) is 5.56 Å². The minimum atomic E-state index is -4.96. The van der Waals surface area contributed by atoms with Crippen molar-refractivity contribution in [2.45, 2.75) is 23.9 Å². The van der Waals surface area contributed by atoms with Crippen LogP contribution in [0.4, 0.5) is 22.0 Å². The first-order valence-electron chi connectivity index (χ1n) is 6.89. The molecule has 2 rings (SSSR count). The first kappa shape index (κ1) is 17.7. The molecule has 0 bridgehead atoms. The van der Waals surface area contributed by atoms with E-state index in [0.29, 0.717) is 0 Å². The molecular weight excluding hydrogens is 335 g/mol. The minimum Gasteiger partial charge on any atom is -0.233 e. The smallest absolute Gasteiger partial charge is 0.233 e. The molecule has 0 aliphatic carbocycles. The molecule has 0 fully saturated rings. The Kier molecular flexibility index (Phi) is 5.30. The standard InChI is InChI=1S/C17H14ClF5/c18-15(19)16(20,13-9-5-2-6-10-13)14(17(21,22)23)11-12-7-3-1-4-8-12/h1-10,14-15H,11H2. The second-order valence-corrected chi connectivity index (χ2v) is 5.60. The van der Waals surface area contributed by atoms with E-state index >= 15 is 4.39 Å². The highest BCUT2D eigenvalue weighted by atomic mass is 35.5. The number of halogens is 6. The maximum atomic E-state index is 15.3. The monoisotopic (exact) mass is 348 g/mol. The van der Waals surface area contributed by atoms with Crippen LogP contribution in [-0.4, -0.2) is 11.8 Å². The van der Waals surface area contributed by atoms with Crippen molar-refractivity contribution in [3.8, 4) is 0 Å². The molecule has 0 aromatic heterocycles. The molecule has 0 nitrogen and oxygen atoms in total. The van der Waals surface area contributed by atoms with Gasteiger partial charge in [-0.3, -0.25) is 0 Å². The Balaban J connectivity index is 2.50. The molecule has 6 heteroatoms. The first-order chi connectivity index (χ1) is 10.8. The predicted molar refractivity (Wildman–Crippen MR) is 79.7 cm³/mol. The molecule has 0 aliphatic heterocycles. The topological polar surface area (TPSA) is 0 Å². The van der Waals surface area contributed by atoms with Crippen LogP contribution in [0.15, 0.2) is 60.7 Å². The maximum absolute atomic E-state index is 15.3. The molecule has 0 spiro atoms. The lowest BCUT2D eigenvalue weighted by Gasteiger charge is -2.35. The van der Waals surface area contributed by atoms with E-state index in [1.54, 1.807) is 18.2 Å². The predicted octanol–water partition coefficient (Wildman–Crippen LogP) is 5.81. The third kappa shape index (κ3) is 3.83. The maximum Gasteiger partial charge on any atom is 0.395 e. The lowest BCUT2D eigenvalue weighted by Crippen LogP contribution is -2.46. The molecule has 23 heavy (non-hydrogen) atoms. The van der Waals surface area contributed by atoms with Gasteiger partial charge >= 0.3 is 6.18 Å². The Morgan fingerprint density at radius 1 is 0.826 bits per heavy atom. The van der Waals surface area contributed by atoms with Gasteiger partial charge < -0.3 is 0 Å². The molecule has 0 amide bonds. The molecule has 3 unspecified atom stereocenters. The average Bonchev–Trinajstić information content (AvgIpc) is 2.52. The van der Waals surface area contributed by atoms with E-state index in [2.05, 4.69) is 0 Å². The Morgan fingerprint density at radius 3 is 1.74 bits per heavy atom. The zero-order valence-electron chi connectivity index (χ0n) is 11.9. The lowest BCUT2D eigenvalue weighted by atomic mass is 9.79. The van der Waals surface area contributed by atoms with Gasteiger partial charge in [-0.2, -0.15) is 13.2 Å². The number of alkyl halides is 6. The second-order valence-electron chi connectivity index (χ2n) is 5.22. The highest BCUT2D eigenvalue weighted by Crippen LogP contribution is 2.49. The van der Waals surface area contributed by atoms with Crippen LogP contribution in [0.1, 0.15) is 11.1 Å². The van der Waals surface area contributed by atoms with Crippen molar-refractivity contribution in [1.82, 2.24) is 0 Å². The minimum absolute atomic E-state index is 0.255. The van der Waals surface area contributed by atoms with E-state index in [4.69, 9.17) is 11.6 Å². The van der Waals surface area contributed by atoms with Crippen LogP contribution < -0.4 is 0 Å². The van der Waals surface area contributed by atoms with Crippen molar-refractivity contribution >= 4 is 11.6 Å². The van der Waals surface area contributed by atoms with Gasteiger partial charge in [-0.15, -0.1) is 0 Å². The zero-order chi connectivity index (χ0) is 17.1. The Labute approximate surface area is 135 Å². The number of rotatable bonds is 5. The van der Waals surface area contributed by atoms with Crippen LogP contribution in [0.5, 0.6) is 0 Å². The molecule has 2 aromatic carbocycles. The number of hydrogen-bond acceptors (Lipinski definition) is 0. The van der Waals surface area contributed by atoms with E-state index in [1.807, 2.05) is 0 Å². The quantitative estimate of drug-likeness (QED) is 0.472. The Hall–Kier alpha value is -1.62. The lowest BCUT2D eigenvalue weighted by molar-refractivity contribution is -0.219. The van der Waals surface area contributed by atoms with Crippen LogP contribution in [0.25, 0.3) is 0 Å². The molecule has 0 saturated carbocycles. The van der Waals surface area contributed by atoms with Gasteiger partial charge in [-0.1, -0.05) is 72.3 Å². The van der Waals surface area contributed by atoms with Gasteiger partial charge in [0.05, 0.1) is 0 Å². The molecule has 0 saturated heterocycles. The van der Waals surface area contributed by atoms with Crippen molar-refractivity contribution in [1.29, 1.82) is 0 Å². The zero-order valence-corrected chi connectivity index (χ0v) is 12.7. The summed E-state index contributed by atoms with van der Waals surface area (Å²) < 4.78 is 69.5. The fourth-order valence-electron chi connectivity index (χ4n) is 2.53. The molecule has 0 heterocycles. The third-order valence-corrected chi connectivity index (χ3v) is 4.04. The van der Waals surface area contributed by atoms with Crippen molar-refractivity contribution in [3.05, 3.63) is 71.8 Å². The fourth-order valence-corrected chi connectivity index (χ4v) is 2.80. The number of benzene rings is 2. The van der Waals surface area contributed by atoms with Gasteiger partial charge in [-0.25, -0.2) is 8.78 Å². The van der Waals surface area contributed by atoms with Gasteiger partial charge in [0.2, 0.25) is 5.63 Å². The van der Waals surface area contributed by atoms with Crippen molar-refractivity contribution in [2.24, 2.45) is 5.92 Å². The second kappa shape index (κ2) is 6.87. The van der Waals surface area contributed by atoms with E-state index < -0.39 is 35.4 Å². The van der Waals surface area contributed by atoms with Gasteiger partial charge in [0.25, 0.3) is 0 Å². The van der Waals surface area contributed by atoms with E-state index in [0.717, 1.165) is 12.1 Å². The Bertz CT molecular complexity index is 612.